The van der Waals surface area contributed by atoms with Crippen LogP contribution in [-0.2, 0) is 16.6 Å². The van der Waals surface area contributed by atoms with Crippen molar-refractivity contribution in [2.24, 2.45) is 10.9 Å². The molecule has 0 unspecified atom stereocenters. The van der Waals surface area contributed by atoms with Crippen LogP contribution in [-0.4, -0.2) is 35.1 Å². The molecule has 0 aliphatic heterocycles. The second-order valence-electron chi connectivity index (χ2n) is 7.73. The molecular weight excluding hydrogens is 416 g/mol. The van der Waals surface area contributed by atoms with E-state index in [1.807, 2.05) is 6.07 Å². The Bertz CT molecular complexity index is 1220. The van der Waals surface area contributed by atoms with Gasteiger partial charge in [0.25, 0.3) is 0 Å². The summed E-state index contributed by atoms with van der Waals surface area (Å²) in [7, 11) is -3.73. The van der Waals surface area contributed by atoms with Gasteiger partial charge in [0.15, 0.2) is 11.3 Å². The number of fused-ring (bicyclic) bond motifs is 1. The predicted octanol–water partition coefficient (Wildman–Crippen LogP) is 1.54. The Balaban J connectivity index is 1.57. The molecule has 0 saturated heterocycles. The molecule has 6 N–H and O–H groups in total. The van der Waals surface area contributed by atoms with Crippen LogP contribution in [0.4, 0.5) is 11.5 Å². The average molecular weight is 441 g/mol. The first kappa shape index (κ1) is 21.0. The number of nitrogens with zero attached hydrogens (tertiary/aromatic N) is 4. The summed E-state index contributed by atoms with van der Waals surface area (Å²) in [6.07, 6.45) is 5.35. The average Bonchev–Trinajstić information content (AvgIpc) is 3.16. The van der Waals surface area contributed by atoms with E-state index in [1.165, 1.54) is 22.8 Å². The van der Waals surface area contributed by atoms with Crippen LogP contribution in [0.25, 0.3) is 5.65 Å². The van der Waals surface area contributed by atoms with E-state index in [0.29, 0.717) is 29.4 Å². The number of aromatic nitrogens is 3. The minimum atomic E-state index is -3.73. The Morgan fingerprint density at radius 1 is 1.19 bits per heavy atom. The zero-order valence-corrected chi connectivity index (χ0v) is 17.6. The van der Waals surface area contributed by atoms with Gasteiger partial charge in [-0.3, -0.25) is 0 Å². The van der Waals surface area contributed by atoms with E-state index in [4.69, 9.17) is 10.9 Å². The Morgan fingerprint density at radius 2 is 1.90 bits per heavy atom. The number of nitrogens with one attached hydrogen (secondary N) is 2. The SMILES string of the molecule is N#Cc1cnc2c(NCc3ccc(S(N)(=O)=O)cc3)cc(NC3CCC(N)CC3)nn12. The fourth-order valence-corrected chi connectivity index (χ4v) is 4.23. The zero-order valence-electron chi connectivity index (χ0n) is 16.8. The Hall–Kier alpha value is -3.20. The number of rotatable bonds is 6. The van der Waals surface area contributed by atoms with Crippen LogP contribution in [0.15, 0.2) is 41.4 Å². The molecule has 2 heterocycles. The van der Waals surface area contributed by atoms with E-state index in [2.05, 4.69) is 26.8 Å². The summed E-state index contributed by atoms with van der Waals surface area (Å²) in [6, 6.07) is 10.8. The van der Waals surface area contributed by atoms with Gasteiger partial charge in [-0.15, -0.1) is 5.10 Å². The molecule has 0 bridgehead atoms. The molecule has 11 heteroatoms. The Labute approximate surface area is 180 Å². The van der Waals surface area contributed by atoms with E-state index in [0.717, 1.165) is 31.2 Å². The van der Waals surface area contributed by atoms with Gasteiger partial charge in [-0.05, 0) is 43.4 Å². The molecule has 1 saturated carbocycles. The maximum atomic E-state index is 11.4. The fraction of sp³-hybridized carbons (Fsp3) is 0.350. The van der Waals surface area contributed by atoms with Crippen molar-refractivity contribution in [3.8, 4) is 6.07 Å². The first-order valence-corrected chi connectivity index (χ1v) is 11.5. The van der Waals surface area contributed by atoms with Crippen molar-refractivity contribution >= 4 is 27.2 Å². The molecule has 1 aliphatic carbocycles. The van der Waals surface area contributed by atoms with Crippen LogP contribution in [0.2, 0.25) is 0 Å². The van der Waals surface area contributed by atoms with E-state index < -0.39 is 10.0 Å². The number of benzene rings is 1. The predicted molar refractivity (Wildman–Crippen MR) is 117 cm³/mol. The van der Waals surface area contributed by atoms with E-state index >= 15 is 0 Å². The normalized spacial score (nSPS) is 19.1. The van der Waals surface area contributed by atoms with Crippen LogP contribution in [0.3, 0.4) is 0 Å². The molecule has 1 aliphatic rings. The molecule has 0 radical (unpaired) electrons. The standard InChI is InChI=1S/C20H24N8O2S/c21-10-16-12-25-20-18(24-11-13-1-7-17(8-2-13)31(23,29)30)9-19(27-28(16)20)26-15-5-3-14(22)4-6-15/h1-2,7-9,12,14-15,24H,3-6,11,22H2,(H,26,27)(H2,23,29,30). The van der Waals surface area contributed by atoms with Gasteiger partial charge < -0.3 is 16.4 Å². The summed E-state index contributed by atoms with van der Waals surface area (Å²) in [4.78, 5) is 4.38. The number of hydrogen-bond donors (Lipinski definition) is 4. The van der Waals surface area contributed by atoms with Gasteiger partial charge >= 0.3 is 0 Å². The quantitative estimate of drug-likeness (QED) is 0.448. The highest BCUT2D eigenvalue weighted by atomic mass is 32.2. The third kappa shape index (κ3) is 4.77. The molecule has 3 aromatic rings. The highest BCUT2D eigenvalue weighted by Crippen LogP contribution is 2.25. The lowest BCUT2D eigenvalue weighted by atomic mass is 9.92. The molecule has 0 atom stereocenters. The van der Waals surface area contributed by atoms with E-state index in [-0.39, 0.29) is 17.0 Å². The van der Waals surface area contributed by atoms with Crippen LogP contribution >= 0.6 is 0 Å². The number of imidazole rings is 1. The monoisotopic (exact) mass is 440 g/mol. The molecule has 10 nitrogen and oxygen atoms in total. The summed E-state index contributed by atoms with van der Waals surface area (Å²) in [5.74, 6) is 0.648. The van der Waals surface area contributed by atoms with Crippen molar-refractivity contribution in [1.82, 2.24) is 14.6 Å². The van der Waals surface area contributed by atoms with Crippen molar-refractivity contribution in [2.45, 2.75) is 49.2 Å². The first-order chi connectivity index (χ1) is 14.8. The fourth-order valence-electron chi connectivity index (χ4n) is 3.71. The number of primary sulfonamides is 1. The summed E-state index contributed by atoms with van der Waals surface area (Å²) in [6.45, 7) is 0.428. The lowest BCUT2D eigenvalue weighted by Crippen LogP contribution is -2.33. The number of anilines is 2. The van der Waals surface area contributed by atoms with Gasteiger partial charge in [0.2, 0.25) is 10.0 Å². The minimum absolute atomic E-state index is 0.0631. The Morgan fingerprint density at radius 3 is 2.55 bits per heavy atom. The molecule has 1 aromatic carbocycles. The second kappa shape index (κ2) is 8.50. The summed E-state index contributed by atoms with van der Waals surface area (Å²) in [5, 5.41) is 25.8. The Kier molecular flexibility index (Phi) is 5.77. The largest absolute Gasteiger partial charge is 0.378 e. The number of sulfonamides is 1. The maximum Gasteiger partial charge on any atom is 0.238 e. The van der Waals surface area contributed by atoms with Crippen molar-refractivity contribution in [3.05, 3.63) is 47.8 Å². The number of nitrogens with two attached hydrogens (primary N) is 2. The molecule has 0 spiro atoms. The molecule has 1 fully saturated rings. The summed E-state index contributed by atoms with van der Waals surface area (Å²) in [5.41, 5.74) is 8.45. The third-order valence-corrected chi connectivity index (χ3v) is 6.37. The van der Waals surface area contributed by atoms with Gasteiger partial charge in [0.05, 0.1) is 16.8 Å². The summed E-state index contributed by atoms with van der Waals surface area (Å²) < 4.78 is 24.4. The van der Waals surface area contributed by atoms with E-state index in [9.17, 15) is 13.7 Å². The van der Waals surface area contributed by atoms with Crippen LogP contribution < -0.4 is 21.5 Å². The van der Waals surface area contributed by atoms with Crippen LogP contribution in [0.5, 0.6) is 0 Å². The smallest absolute Gasteiger partial charge is 0.238 e. The van der Waals surface area contributed by atoms with Gasteiger partial charge in [0.1, 0.15) is 11.9 Å². The van der Waals surface area contributed by atoms with Crippen molar-refractivity contribution in [1.29, 1.82) is 5.26 Å². The third-order valence-electron chi connectivity index (χ3n) is 5.44. The second-order valence-corrected chi connectivity index (χ2v) is 9.29. The molecule has 31 heavy (non-hydrogen) atoms. The van der Waals surface area contributed by atoms with Gasteiger partial charge in [-0.2, -0.15) is 9.78 Å². The number of hydrogen-bond acceptors (Lipinski definition) is 8. The minimum Gasteiger partial charge on any atom is -0.378 e. The van der Waals surface area contributed by atoms with Crippen molar-refractivity contribution in [3.63, 3.8) is 0 Å². The molecule has 0 amide bonds. The molecule has 4 rings (SSSR count). The summed E-state index contributed by atoms with van der Waals surface area (Å²) >= 11 is 0. The van der Waals surface area contributed by atoms with Crippen LogP contribution in [0.1, 0.15) is 36.9 Å². The molecule has 162 valence electrons. The van der Waals surface area contributed by atoms with Gasteiger partial charge in [-0.1, -0.05) is 12.1 Å². The number of nitriles is 1. The van der Waals surface area contributed by atoms with E-state index in [1.54, 1.807) is 12.1 Å². The highest BCUT2D eigenvalue weighted by Gasteiger charge is 2.20. The molecule has 2 aromatic heterocycles. The lowest BCUT2D eigenvalue weighted by Gasteiger charge is -2.27. The van der Waals surface area contributed by atoms with Crippen molar-refractivity contribution in [2.75, 3.05) is 10.6 Å². The van der Waals surface area contributed by atoms with Crippen LogP contribution in [0, 0.1) is 11.3 Å². The molecular formula is C20H24N8O2S. The van der Waals surface area contributed by atoms with Gasteiger partial charge in [-0.25, -0.2) is 18.5 Å². The van der Waals surface area contributed by atoms with Crippen molar-refractivity contribution < 1.29 is 8.42 Å². The maximum absolute atomic E-state index is 11.4. The zero-order chi connectivity index (χ0) is 22.0. The topological polar surface area (TPSA) is 164 Å². The highest BCUT2D eigenvalue weighted by molar-refractivity contribution is 7.89. The van der Waals surface area contributed by atoms with Gasteiger partial charge in [0, 0.05) is 24.7 Å². The lowest BCUT2D eigenvalue weighted by molar-refractivity contribution is 0.410. The first-order valence-electron chi connectivity index (χ1n) is 10.00.